The zero-order chi connectivity index (χ0) is 18.5. The average Bonchev–Trinajstić information content (AvgIpc) is 3.26. The van der Waals surface area contributed by atoms with Crippen LogP contribution >= 0.6 is 11.8 Å². The van der Waals surface area contributed by atoms with Crippen molar-refractivity contribution in [3.05, 3.63) is 58.2 Å². The zero-order valence-corrected chi connectivity index (χ0v) is 15.2. The predicted octanol–water partition coefficient (Wildman–Crippen LogP) is 3.04. The Bertz CT molecular complexity index is 890. The van der Waals surface area contributed by atoms with Gasteiger partial charge >= 0.3 is 5.69 Å². The van der Waals surface area contributed by atoms with E-state index in [0.717, 1.165) is 11.6 Å². The third kappa shape index (κ3) is 4.20. The molecule has 3 aromatic rings. The van der Waals surface area contributed by atoms with E-state index in [1.807, 2.05) is 42.7 Å². The summed E-state index contributed by atoms with van der Waals surface area (Å²) in [5.74, 6) is 1.91. The van der Waals surface area contributed by atoms with Gasteiger partial charge in [0.1, 0.15) is 24.8 Å². The van der Waals surface area contributed by atoms with Crippen LogP contribution in [0.25, 0.3) is 0 Å². The number of nitro groups is 1. The summed E-state index contributed by atoms with van der Waals surface area (Å²) in [6, 6.07) is 7.82. The van der Waals surface area contributed by atoms with E-state index in [1.54, 1.807) is 0 Å². The van der Waals surface area contributed by atoms with Crippen LogP contribution in [-0.2, 0) is 19.0 Å². The Labute approximate surface area is 154 Å². The Morgan fingerprint density at radius 3 is 2.69 bits per heavy atom. The van der Waals surface area contributed by atoms with Crippen molar-refractivity contribution >= 4 is 17.4 Å². The molecule has 0 spiro atoms. The van der Waals surface area contributed by atoms with Crippen LogP contribution in [0.4, 0.5) is 5.69 Å². The number of aromatic nitrogens is 5. The first-order valence-corrected chi connectivity index (χ1v) is 8.96. The third-order valence-electron chi connectivity index (χ3n) is 3.65. The van der Waals surface area contributed by atoms with Crippen LogP contribution in [0.5, 0.6) is 5.75 Å². The highest BCUT2D eigenvalue weighted by atomic mass is 32.2. The molecule has 3 rings (SSSR count). The molecule has 0 bridgehead atoms. The largest absolute Gasteiger partial charge is 0.486 e. The van der Waals surface area contributed by atoms with Gasteiger partial charge in [0.05, 0.1) is 10.8 Å². The fourth-order valence-corrected chi connectivity index (χ4v) is 3.15. The molecule has 0 aliphatic carbocycles. The van der Waals surface area contributed by atoms with Gasteiger partial charge in [0.2, 0.25) is 0 Å². The molecule has 0 fully saturated rings. The molecule has 1 aromatic carbocycles. The Kier molecular flexibility index (Phi) is 5.52. The molecule has 0 saturated heterocycles. The van der Waals surface area contributed by atoms with Gasteiger partial charge in [0.15, 0.2) is 11.0 Å². The van der Waals surface area contributed by atoms with Crippen molar-refractivity contribution in [1.29, 1.82) is 0 Å². The second-order valence-corrected chi connectivity index (χ2v) is 6.43. The SMILES string of the molecule is CCn1c(COc2ccc(C)cc2)nnc1SCn1cc([N+](=O)[O-])cn1. The molecule has 0 unspecified atom stereocenters. The fourth-order valence-electron chi connectivity index (χ4n) is 2.27. The minimum absolute atomic E-state index is 0.0326. The highest BCUT2D eigenvalue weighted by Crippen LogP contribution is 2.21. The fraction of sp³-hybridized carbons (Fsp3) is 0.312. The maximum Gasteiger partial charge on any atom is 0.307 e. The lowest BCUT2D eigenvalue weighted by Gasteiger charge is -2.09. The molecule has 9 nitrogen and oxygen atoms in total. The second kappa shape index (κ2) is 8.00. The van der Waals surface area contributed by atoms with Gasteiger partial charge in [0, 0.05) is 6.54 Å². The molecule has 0 amide bonds. The maximum atomic E-state index is 10.7. The van der Waals surface area contributed by atoms with Crippen molar-refractivity contribution in [2.24, 2.45) is 0 Å². The van der Waals surface area contributed by atoms with E-state index < -0.39 is 4.92 Å². The van der Waals surface area contributed by atoms with Crippen LogP contribution in [0.3, 0.4) is 0 Å². The summed E-state index contributed by atoms with van der Waals surface area (Å²) < 4.78 is 9.23. The normalized spacial score (nSPS) is 10.8. The van der Waals surface area contributed by atoms with Gasteiger partial charge in [-0.25, -0.2) is 0 Å². The highest BCUT2D eigenvalue weighted by molar-refractivity contribution is 7.98. The van der Waals surface area contributed by atoms with Gasteiger partial charge in [0.25, 0.3) is 0 Å². The molecular formula is C16H18N6O3S. The van der Waals surface area contributed by atoms with Gasteiger partial charge in [-0.3, -0.25) is 14.8 Å². The van der Waals surface area contributed by atoms with Crippen LogP contribution < -0.4 is 4.74 Å². The van der Waals surface area contributed by atoms with E-state index in [4.69, 9.17) is 4.74 Å². The molecule has 0 aliphatic rings. The average molecular weight is 374 g/mol. The van der Waals surface area contributed by atoms with Gasteiger partial charge in [-0.15, -0.1) is 10.2 Å². The molecule has 0 radical (unpaired) electrons. The van der Waals surface area contributed by atoms with E-state index in [1.165, 1.54) is 34.4 Å². The van der Waals surface area contributed by atoms with Gasteiger partial charge in [-0.1, -0.05) is 29.5 Å². The van der Waals surface area contributed by atoms with E-state index in [2.05, 4.69) is 15.3 Å². The first-order valence-electron chi connectivity index (χ1n) is 7.98. The summed E-state index contributed by atoms with van der Waals surface area (Å²) in [5.41, 5.74) is 1.14. The standard InChI is InChI=1S/C16H18N6O3S/c1-3-21-15(10-25-14-6-4-12(2)5-7-14)18-19-16(21)26-11-20-9-13(8-17-20)22(23)24/h4-9H,3,10-11H2,1-2H3. The number of rotatable bonds is 8. The van der Waals surface area contributed by atoms with E-state index in [0.29, 0.717) is 24.2 Å². The number of thioether (sulfide) groups is 1. The number of aryl methyl sites for hydroxylation is 1. The first-order chi connectivity index (χ1) is 12.6. The zero-order valence-electron chi connectivity index (χ0n) is 14.4. The van der Waals surface area contributed by atoms with Crippen LogP contribution in [0.2, 0.25) is 0 Å². The molecule has 2 aromatic heterocycles. The van der Waals surface area contributed by atoms with E-state index in [-0.39, 0.29) is 5.69 Å². The number of nitrogens with zero attached hydrogens (tertiary/aromatic N) is 6. The lowest BCUT2D eigenvalue weighted by Crippen LogP contribution is -2.07. The maximum absolute atomic E-state index is 10.7. The summed E-state index contributed by atoms with van der Waals surface area (Å²) in [6.07, 6.45) is 2.62. The van der Waals surface area contributed by atoms with Gasteiger partial charge in [-0.2, -0.15) is 5.10 Å². The number of ether oxygens (including phenoxy) is 1. The molecule has 0 N–H and O–H groups in total. The monoisotopic (exact) mass is 374 g/mol. The van der Waals surface area contributed by atoms with Crippen LogP contribution in [0, 0.1) is 17.0 Å². The van der Waals surface area contributed by atoms with Crippen molar-refractivity contribution in [3.63, 3.8) is 0 Å². The molecule has 0 atom stereocenters. The summed E-state index contributed by atoms with van der Waals surface area (Å²) in [5, 5.41) is 23.8. The number of benzene rings is 1. The summed E-state index contributed by atoms with van der Waals surface area (Å²) >= 11 is 1.41. The molecule has 136 valence electrons. The van der Waals surface area contributed by atoms with Crippen molar-refractivity contribution in [3.8, 4) is 5.75 Å². The molecule has 2 heterocycles. The summed E-state index contributed by atoms with van der Waals surface area (Å²) in [4.78, 5) is 10.2. The lowest BCUT2D eigenvalue weighted by atomic mass is 10.2. The topological polar surface area (TPSA) is 101 Å². The Balaban J connectivity index is 1.63. The van der Waals surface area contributed by atoms with Crippen molar-refractivity contribution in [1.82, 2.24) is 24.5 Å². The van der Waals surface area contributed by atoms with Gasteiger partial charge < -0.3 is 9.30 Å². The smallest absolute Gasteiger partial charge is 0.307 e. The van der Waals surface area contributed by atoms with E-state index >= 15 is 0 Å². The number of hydrogen-bond acceptors (Lipinski definition) is 7. The first kappa shape index (κ1) is 17.9. The molecule has 26 heavy (non-hydrogen) atoms. The Morgan fingerprint density at radius 1 is 1.27 bits per heavy atom. The Morgan fingerprint density at radius 2 is 2.04 bits per heavy atom. The van der Waals surface area contributed by atoms with E-state index in [9.17, 15) is 10.1 Å². The molecular weight excluding hydrogens is 356 g/mol. The highest BCUT2D eigenvalue weighted by Gasteiger charge is 2.14. The number of hydrogen-bond donors (Lipinski definition) is 0. The lowest BCUT2D eigenvalue weighted by molar-refractivity contribution is -0.385. The van der Waals surface area contributed by atoms with Crippen molar-refractivity contribution in [2.45, 2.75) is 38.0 Å². The molecule has 10 heteroatoms. The summed E-state index contributed by atoms with van der Waals surface area (Å²) in [7, 11) is 0. The molecule has 0 saturated carbocycles. The molecule has 0 aliphatic heterocycles. The van der Waals surface area contributed by atoms with Crippen molar-refractivity contribution in [2.75, 3.05) is 0 Å². The predicted molar refractivity (Wildman–Crippen MR) is 95.9 cm³/mol. The minimum Gasteiger partial charge on any atom is -0.486 e. The third-order valence-corrected chi connectivity index (χ3v) is 4.61. The minimum atomic E-state index is -0.469. The van der Waals surface area contributed by atoms with Crippen LogP contribution in [0.15, 0.2) is 41.8 Å². The quantitative estimate of drug-likeness (QED) is 0.339. The Hall–Kier alpha value is -2.88. The second-order valence-electron chi connectivity index (χ2n) is 5.51. The van der Waals surface area contributed by atoms with Crippen molar-refractivity contribution < 1.29 is 9.66 Å². The van der Waals surface area contributed by atoms with Gasteiger partial charge in [-0.05, 0) is 26.0 Å². The van der Waals surface area contributed by atoms with Crippen LogP contribution in [-0.4, -0.2) is 29.5 Å². The summed E-state index contributed by atoms with van der Waals surface area (Å²) in [6.45, 7) is 5.04. The van der Waals surface area contributed by atoms with Crippen LogP contribution in [0.1, 0.15) is 18.3 Å².